The van der Waals surface area contributed by atoms with Crippen LogP contribution in [-0.2, 0) is 8.53 Å². The van der Waals surface area contributed by atoms with E-state index in [1.165, 1.54) is 24.5 Å². The largest absolute Gasteiger partial charge is 0.313 e. The van der Waals surface area contributed by atoms with Gasteiger partial charge in [0.15, 0.2) is 0 Å². The molecule has 9 heteroatoms. The number of piperidine rings is 1. The van der Waals surface area contributed by atoms with E-state index in [9.17, 15) is 18.8 Å². The normalized spacial score (nSPS) is 20.4. The van der Waals surface area contributed by atoms with Gasteiger partial charge in [0.25, 0.3) is 0 Å². The van der Waals surface area contributed by atoms with Crippen LogP contribution in [0, 0.1) is 0 Å². The topological polar surface area (TPSA) is 130 Å². The molecule has 1 saturated heterocycles. The van der Waals surface area contributed by atoms with Crippen molar-refractivity contribution in [2.75, 3.05) is 5.32 Å². The second kappa shape index (κ2) is 8.38. The van der Waals surface area contributed by atoms with E-state index in [-0.39, 0.29) is 17.1 Å². The molecule has 1 aliphatic heterocycles. The number of nitrogens with zero attached hydrogens (tertiary/aromatic N) is 1. The monoisotopic (exact) mass is 418 g/mol. The number of rotatable bonds is 2. The van der Waals surface area contributed by atoms with Crippen LogP contribution in [0.3, 0.4) is 0 Å². The molecule has 0 bridgehead atoms. The van der Waals surface area contributed by atoms with E-state index in [1.807, 2.05) is 0 Å². The third-order valence-electron chi connectivity index (χ3n) is 4.06. The molecule has 0 saturated carbocycles. The molecule has 1 amide bonds. The van der Waals surface area contributed by atoms with E-state index in [0.717, 1.165) is 25.0 Å². The average Bonchev–Trinajstić information content (AvgIpc) is 2.43. The molecule has 0 aliphatic carbocycles. The van der Waals surface area contributed by atoms with Gasteiger partial charge in [0.05, 0.1) is 0 Å². The molecule has 1 fully saturated rings. The van der Waals surface area contributed by atoms with Crippen LogP contribution in [0.5, 0.6) is 5.75 Å². The molecule has 1 aliphatic rings. The molecule has 8 nitrogen and oxygen atoms in total. The molecule has 1 unspecified atom stereocenters. The average molecular weight is 418 g/mol. The number of nitrogens with one attached hydrogen (secondary N) is 1. The summed E-state index contributed by atoms with van der Waals surface area (Å²) in [7, 11) is 0. The third kappa shape index (κ3) is 6.49. The van der Waals surface area contributed by atoms with Crippen LogP contribution < -0.4 is 9.67 Å². The zero-order valence-corrected chi connectivity index (χ0v) is 16.8. The number of phenols is 1. The molecular weight excluding hydrogens is 391 g/mol. The van der Waals surface area contributed by atoms with Crippen molar-refractivity contribution in [1.29, 1.82) is 0 Å². The van der Waals surface area contributed by atoms with Crippen molar-refractivity contribution >= 4 is 30.1 Å². The molecule has 142 valence electrons. The van der Waals surface area contributed by atoms with E-state index in [1.54, 1.807) is 0 Å². The Bertz CT molecular complexity index is 658. The van der Waals surface area contributed by atoms with Gasteiger partial charge in [0, 0.05) is 11.6 Å². The number of benzene rings is 1. The Morgan fingerprint density at radius 2 is 1.96 bits per heavy atom. The minimum atomic E-state index is -5.09. The van der Waals surface area contributed by atoms with Gasteiger partial charge < -0.3 is 5.21 Å². The Labute approximate surface area is 150 Å². The third-order valence-corrected chi connectivity index (χ3v) is 6.17. The van der Waals surface area contributed by atoms with E-state index in [2.05, 4.69) is 26.1 Å². The summed E-state index contributed by atoms with van der Waals surface area (Å²) in [5, 5.41) is 22.7. The summed E-state index contributed by atoms with van der Waals surface area (Å²) in [6.07, 6.45) is 3.47. The van der Waals surface area contributed by atoms with Gasteiger partial charge in [-0.3, -0.25) is 0 Å². The molecule has 1 aromatic carbocycles. The SMILES string of the molecule is CC(=O)Nc1ccc([As](=O)(O)O)c(O)c1.CC1CCCC(C)(C)N1O. The fourth-order valence-corrected chi connectivity index (χ4v) is 4.04. The first-order valence-corrected chi connectivity index (χ1v) is 11.4. The van der Waals surface area contributed by atoms with Crippen LogP contribution in [0.25, 0.3) is 0 Å². The molecule has 1 aromatic rings. The molecule has 0 aromatic heterocycles. The summed E-state index contributed by atoms with van der Waals surface area (Å²) in [5.74, 6) is -0.850. The van der Waals surface area contributed by atoms with Gasteiger partial charge in [-0.15, -0.1) is 0 Å². The van der Waals surface area contributed by atoms with Crippen LogP contribution in [-0.4, -0.2) is 55.2 Å². The fraction of sp³-hybridized carbons (Fsp3) is 0.562. The van der Waals surface area contributed by atoms with Gasteiger partial charge in [-0.25, -0.2) is 0 Å². The maximum atomic E-state index is 10.9. The van der Waals surface area contributed by atoms with Crippen molar-refractivity contribution in [3.63, 3.8) is 0 Å². The number of amides is 1. The Kier molecular flexibility index (Phi) is 7.28. The van der Waals surface area contributed by atoms with Crippen LogP contribution in [0.15, 0.2) is 18.2 Å². The smallest absolute Gasteiger partial charge is 0.0407 e. The summed E-state index contributed by atoms with van der Waals surface area (Å²) in [4.78, 5) is 10.7. The fourth-order valence-electron chi connectivity index (χ4n) is 2.71. The zero-order valence-electron chi connectivity index (χ0n) is 14.9. The maximum absolute atomic E-state index is 10.9. The van der Waals surface area contributed by atoms with Gasteiger partial charge in [-0.05, 0) is 40.0 Å². The Balaban J connectivity index is 0.000000271. The van der Waals surface area contributed by atoms with E-state index in [4.69, 9.17) is 8.19 Å². The van der Waals surface area contributed by atoms with Gasteiger partial charge in [-0.1, -0.05) is 0 Å². The molecule has 1 atom stereocenters. The predicted molar refractivity (Wildman–Crippen MR) is 93.9 cm³/mol. The van der Waals surface area contributed by atoms with Crippen LogP contribution in [0.4, 0.5) is 5.69 Å². The predicted octanol–water partition coefficient (Wildman–Crippen LogP) is 0.940. The van der Waals surface area contributed by atoms with Gasteiger partial charge >= 0.3 is 88.1 Å². The number of hydroxylamine groups is 2. The molecule has 5 N–H and O–H groups in total. The number of aromatic hydroxyl groups is 1. The molecule has 1 heterocycles. The Hall–Kier alpha value is -1.31. The van der Waals surface area contributed by atoms with E-state index in [0.29, 0.717) is 6.04 Å². The summed E-state index contributed by atoms with van der Waals surface area (Å²) < 4.78 is 28.2. The Morgan fingerprint density at radius 3 is 2.36 bits per heavy atom. The van der Waals surface area contributed by atoms with Crippen LogP contribution in [0.2, 0.25) is 0 Å². The second-order valence-corrected chi connectivity index (χ2v) is 10.1. The van der Waals surface area contributed by atoms with Crippen molar-refractivity contribution in [2.24, 2.45) is 0 Å². The van der Waals surface area contributed by atoms with Crippen molar-refractivity contribution < 1.29 is 27.0 Å². The number of carbonyl (C=O) groups excluding carboxylic acids is 1. The first-order chi connectivity index (χ1) is 11.3. The first-order valence-electron chi connectivity index (χ1n) is 7.99. The zero-order chi connectivity index (χ0) is 19.4. The minimum absolute atomic E-state index is 0.00231. The minimum Gasteiger partial charge on any atom is -0.313 e. The second-order valence-electron chi connectivity index (χ2n) is 6.83. The van der Waals surface area contributed by atoms with Gasteiger partial charge in [0.2, 0.25) is 0 Å². The maximum Gasteiger partial charge on any atom is 0.0407 e. The first kappa shape index (κ1) is 21.7. The number of hydrogen-bond acceptors (Lipinski definition) is 5. The van der Waals surface area contributed by atoms with Crippen molar-refractivity contribution in [3.05, 3.63) is 18.2 Å². The Morgan fingerprint density at radius 1 is 1.36 bits per heavy atom. The summed E-state index contributed by atoms with van der Waals surface area (Å²) in [6, 6.07) is 3.85. The van der Waals surface area contributed by atoms with Gasteiger partial charge in [0.1, 0.15) is 0 Å². The van der Waals surface area contributed by atoms with Crippen molar-refractivity contribution in [1.82, 2.24) is 5.06 Å². The van der Waals surface area contributed by atoms with Crippen molar-refractivity contribution in [2.45, 2.75) is 58.5 Å². The molecule has 0 radical (unpaired) electrons. The van der Waals surface area contributed by atoms with E-state index >= 15 is 0 Å². The quantitative estimate of drug-likeness (QED) is 0.452. The summed E-state index contributed by atoms with van der Waals surface area (Å²) in [5.41, 5.74) is 0.283. The van der Waals surface area contributed by atoms with E-state index < -0.39 is 24.3 Å². The molecular formula is C16H27AsN2O6. The number of carbonyl (C=O) groups is 1. The summed E-state index contributed by atoms with van der Waals surface area (Å²) >= 11 is -5.09. The molecule has 0 spiro atoms. The van der Waals surface area contributed by atoms with Crippen LogP contribution >= 0.6 is 0 Å². The van der Waals surface area contributed by atoms with Gasteiger partial charge in [-0.2, -0.15) is 5.06 Å². The number of phenolic OH excluding ortho intramolecular Hbond substituents is 1. The van der Waals surface area contributed by atoms with Crippen LogP contribution in [0.1, 0.15) is 47.0 Å². The standard InChI is InChI=1S/C8H10AsNO5.C8H17NO/c1-5(11)10-6-2-3-7(8(12)4-6)9(13,14)15;1-7-5-4-6-8(2,3)9(7)10/h2-4,12H,1H3,(H,10,11)(H2,13,14,15);7,10H,4-6H2,1-3H3. The van der Waals surface area contributed by atoms with Crippen molar-refractivity contribution in [3.8, 4) is 5.75 Å². The number of anilines is 1. The summed E-state index contributed by atoms with van der Waals surface area (Å²) in [6.45, 7) is 7.53. The molecule has 2 rings (SSSR count). The number of hydrogen-bond donors (Lipinski definition) is 5. The molecule has 25 heavy (non-hydrogen) atoms.